The first kappa shape index (κ1) is 24.7. The summed E-state index contributed by atoms with van der Waals surface area (Å²) in [6.07, 6.45) is 1.49. The Hall–Kier alpha value is -3.39. The van der Waals surface area contributed by atoms with Crippen molar-refractivity contribution in [1.29, 1.82) is 0 Å². The van der Waals surface area contributed by atoms with E-state index in [2.05, 4.69) is 5.32 Å². The number of hydrogen-bond acceptors (Lipinski definition) is 4. The van der Waals surface area contributed by atoms with Crippen molar-refractivity contribution in [3.8, 4) is 5.75 Å². The summed E-state index contributed by atoms with van der Waals surface area (Å²) in [5, 5.41) is 4.91. The zero-order valence-corrected chi connectivity index (χ0v) is 20.8. The van der Waals surface area contributed by atoms with Gasteiger partial charge in [-0.3, -0.25) is 4.79 Å². The normalized spacial score (nSPS) is 14.8. The Labute approximate surface area is 209 Å². The second-order valence-electron chi connectivity index (χ2n) is 8.64. The third-order valence-electron chi connectivity index (χ3n) is 6.03. The van der Waals surface area contributed by atoms with Crippen LogP contribution >= 0.6 is 11.3 Å². The van der Waals surface area contributed by atoms with Crippen LogP contribution in [-0.4, -0.2) is 48.0 Å². The molecule has 6 nitrogen and oxygen atoms in total. The molecule has 0 saturated carbocycles. The number of carbonyl (C=O) groups is 2. The minimum atomic E-state index is -0.370. The second-order valence-corrected chi connectivity index (χ2v) is 9.64. The molecule has 1 N–H and O–H groups in total. The predicted octanol–water partition coefficient (Wildman–Crippen LogP) is 5.64. The number of halogens is 1. The van der Waals surface area contributed by atoms with Crippen molar-refractivity contribution in [3.63, 3.8) is 0 Å². The van der Waals surface area contributed by atoms with Crippen molar-refractivity contribution in [2.45, 2.75) is 32.7 Å². The van der Waals surface area contributed by atoms with Crippen LogP contribution in [0, 0.1) is 12.7 Å². The van der Waals surface area contributed by atoms with Crippen molar-refractivity contribution in [2.75, 3.05) is 31.6 Å². The molecular formula is C27H30FN3O3S. The lowest BCUT2D eigenvalue weighted by molar-refractivity contribution is -0.135. The molecule has 2 aromatic carbocycles. The molecule has 35 heavy (non-hydrogen) atoms. The average Bonchev–Trinajstić information content (AvgIpc) is 3.33. The predicted molar refractivity (Wildman–Crippen MR) is 136 cm³/mol. The van der Waals surface area contributed by atoms with E-state index in [-0.39, 0.29) is 36.9 Å². The molecule has 184 valence electrons. The van der Waals surface area contributed by atoms with Crippen LogP contribution in [0.15, 0.2) is 60.0 Å². The molecule has 0 spiro atoms. The molecular weight excluding hydrogens is 465 g/mol. The highest BCUT2D eigenvalue weighted by Gasteiger charge is 2.33. The van der Waals surface area contributed by atoms with Gasteiger partial charge in [-0.15, -0.1) is 11.3 Å². The van der Waals surface area contributed by atoms with Crippen LogP contribution in [0.2, 0.25) is 0 Å². The van der Waals surface area contributed by atoms with Crippen LogP contribution in [0.3, 0.4) is 0 Å². The lowest BCUT2D eigenvalue weighted by Gasteiger charge is -2.37. The third kappa shape index (κ3) is 6.19. The number of carbonyl (C=O) groups excluding carboxylic acids is 2. The van der Waals surface area contributed by atoms with Crippen LogP contribution in [0.1, 0.15) is 35.4 Å². The lowest BCUT2D eigenvalue weighted by atomic mass is 10.0. The first-order valence-electron chi connectivity index (χ1n) is 11.8. The van der Waals surface area contributed by atoms with Crippen molar-refractivity contribution >= 4 is 29.0 Å². The largest absolute Gasteiger partial charge is 0.491 e. The van der Waals surface area contributed by atoms with E-state index in [0.717, 1.165) is 24.0 Å². The maximum Gasteiger partial charge on any atom is 0.322 e. The standard InChI is InChI=1S/C27H30FN3O3S/c1-3-13-30(27(33)29-21-9-7-19(2)8-10-21)17-26(32)31-14-11-25-23(12-15-35-25)24(31)18-34-22-6-4-5-20(28)16-22/h4-10,12,15-16,24H,3,11,13-14,17-18H2,1-2H3,(H,29,33). The van der Waals surface area contributed by atoms with E-state index < -0.39 is 0 Å². The molecule has 2 heterocycles. The van der Waals surface area contributed by atoms with Gasteiger partial charge in [0.05, 0.1) is 6.04 Å². The second kappa shape index (κ2) is 11.4. The van der Waals surface area contributed by atoms with Gasteiger partial charge in [-0.2, -0.15) is 0 Å². The Morgan fingerprint density at radius 1 is 1.20 bits per heavy atom. The lowest BCUT2D eigenvalue weighted by Crippen LogP contribution is -2.48. The summed E-state index contributed by atoms with van der Waals surface area (Å²) in [5.74, 6) is -0.0860. The van der Waals surface area contributed by atoms with Crippen LogP contribution in [0.5, 0.6) is 5.75 Å². The maximum absolute atomic E-state index is 13.6. The van der Waals surface area contributed by atoms with Gasteiger partial charge in [0.1, 0.15) is 24.7 Å². The fourth-order valence-electron chi connectivity index (χ4n) is 4.22. The van der Waals surface area contributed by atoms with Crippen molar-refractivity contribution < 1.29 is 18.7 Å². The number of thiophene rings is 1. The fourth-order valence-corrected chi connectivity index (χ4v) is 5.15. The highest BCUT2D eigenvalue weighted by atomic mass is 32.1. The molecule has 8 heteroatoms. The number of nitrogens with one attached hydrogen (secondary N) is 1. The number of ether oxygens (including phenoxy) is 1. The van der Waals surface area contributed by atoms with Gasteiger partial charge in [0.25, 0.3) is 0 Å². The van der Waals surface area contributed by atoms with E-state index >= 15 is 0 Å². The number of nitrogens with zero attached hydrogens (tertiary/aromatic N) is 2. The van der Waals surface area contributed by atoms with Gasteiger partial charge < -0.3 is 19.9 Å². The van der Waals surface area contributed by atoms with E-state index in [9.17, 15) is 14.0 Å². The molecule has 1 aliphatic rings. The molecule has 1 atom stereocenters. The molecule has 1 unspecified atom stereocenters. The van der Waals surface area contributed by atoms with Gasteiger partial charge >= 0.3 is 6.03 Å². The van der Waals surface area contributed by atoms with Crippen LogP contribution in [0.4, 0.5) is 14.9 Å². The molecule has 0 saturated heterocycles. The number of urea groups is 1. The smallest absolute Gasteiger partial charge is 0.322 e. The molecule has 0 fully saturated rings. The Kier molecular flexibility index (Phi) is 8.02. The quantitative estimate of drug-likeness (QED) is 0.440. The monoisotopic (exact) mass is 495 g/mol. The van der Waals surface area contributed by atoms with Crippen LogP contribution < -0.4 is 10.1 Å². The molecule has 0 bridgehead atoms. The minimum absolute atomic E-state index is 0.0263. The number of amides is 3. The highest BCUT2D eigenvalue weighted by Crippen LogP contribution is 2.34. The van der Waals surface area contributed by atoms with Crippen LogP contribution in [-0.2, 0) is 11.2 Å². The van der Waals surface area contributed by atoms with Crippen molar-refractivity contribution in [3.05, 3.63) is 81.8 Å². The molecule has 3 amide bonds. The average molecular weight is 496 g/mol. The Morgan fingerprint density at radius 2 is 2.00 bits per heavy atom. The topological polar surface area (TPSA) is 61.9 Å². The zero-order chi connectivity index (χ0) is 24.8. The number of aryl methyl sites for hydroxylation is 1. The van der Waals surface area contributed by atoms with Crippen molar-refractivity contribution in [1.82, 2.24) is 9.80 Å². The number of anilines is 1. The first-order valence-corrected chi connectivity index (χ1v) is 12.7. The third-order valence-corrected chi connectivity index (χ3v) is 7.03. The summed E-state index contributed by atoms with van der Waals surface area (Å²) in [6, 6.07) is 15.0. The SMILES string of the molecule is CCCN(CC(=O)N1CCc2sccc2C1COc1cccc(F)c1)C(=O)Nc1ccc(C)cc1. The van der Waals surface area contributed by atoms with Crippen molar-refractivity contribution in [2.24, 2.45) is 0 Å². The summed E-state index contributed by atoms with van der Waals surface area (Å²) in [4.78, 5) is 31.0. The Morgan fingerprint density at radius 3 is 2.74 bits per heavy atom. The molecule has 3 aromatic rings. The maximum atomic E-state index is 13.6. The molecule has 1 aliphatic heterocycles. The number of fused-ring (bicyclic) bond motifs is 1. The van der Waals surface area contributed by atoms with E-state index in [0.29, 0.717) is 24.5 Å². The summed E-state index contributed by atoms with van der Waals surface area (Å²) < 4.78 is 19.5. The summed E-state index contributed by atoms with van der Waals surface area (Å²) in [6.45, 7) is 5.16. The van der Waals surface area contributed by atoms with Gasteiger partial charge in [-0.1, -0.05) is 30.7 Å². The molecule has 4 rings (SSSR count). The van der Waals surface area contributed by atoms with Gasteiger partial charge in [-0.25, -0.2) is 9.18 Å². The van der Waals surface area contributed by atoms with Crippen LogP contribution in [0.25, 0.3) is 0 Å². The zero-order valence-electron chi connectivity index (χ0n) is 20.0. The highest BCUT2D eigenvalue weighted by molar-refractivity contribution is 7.10. The van der Waals surface area contributed by atoms with Gasteiger partial charge in [0.2, 0.25) is 5.91 Å². The fraction of sp³-hybridized carbons (Fsp3) is 0.333. The minimum Gasteiger partial charge on any atom is -0.491 e. The van der Waals surface area contributed by atoms with Gasteiger partial charge in [0, 0.05) is 29.7 Å². The van der Waals surface area contributed by atoms with E-state index in [1.165, 1.54) is 17.0 Å². The van der Waals surface area contributed by atoms with Gasteiger partial charge in [-0.05, 0) is 61.0 Å². The number of hydrogen-bond donors (Lipinski definition) is 1. The van der Waals surface area contributed by atoms with E-state index in [1.54, 1.807) is 33.3 Å². The Balaban J connectivity index is 1.47. The molecule has 0 radical (unpaired) electrons. The molecule has 0 aliphatic carbocycles. The summed E-state index contributed by atoms with van der Waals surface area (Å²) in [7, 11) is 0. The number of rotatable bonds is 8. The van der Waals surface area contributed by atoms with Gasteiger partial charge in [0.15, 0.2) is 0 Å². The number of benzene rings is 2. The first-order chi connectivity index (χ1) is 16.9. The summed E-state index contributed by atoms with van der Waals surface area (Å²) in [5.41, 5.74) is 2.85. The summed E-state index contributed by atoms with van der Waals surface area (Å²) >= 11 is 1.67. The van der Waals surface area contributed by atoms with E-state index in [4.69, 9.17) is 4.74 Å². The Bertz CT molecular complexity index is 1160. The molecule has 1 aromatic heterocycles. The van der Waals surface area contributed by atoms with E-state index in [1.807, 2.05) is 49.6 Å².